The molecule has 1 amide bonds. The molecule has 1 aliphatic rings. The maximum absolute atomic E-state index is 13.2. The van der Waals surface area contributed by atoms with Gasteiger partial charge in [0.15, 0.2) is 0 Å². The van der Waals surface area contributed by atoms with Gasteiger partial charge in [0.1, 0.15) is 5.82 Å². The van der Waals surface area contributed by atoms with Crippen molar-refractivity contribution in [3.05, 3.63) is 47.0 Å². The van der Waals surface area contributed by atoms with Crippen LogP contribution in [0.25, 0.3) is 22.1 Å². The van der Waals surface area contributed by atoms with E-state index in [4.69, 9.17) is 9.51 Å². The van der Waals surface area contributed by atoms with Crippen LogP contribution in [0.15, 0.2) is 28.8 Å². The molecule has 5 rings (SSSR count). The number of nitrogens with zero attached hydrogens (tertiary/aromatic N) is 4. The van der Waals surface area contributed by atoms with E-state index >= 15 is 0 Å². The number of imidazole rings is 1. The van der Waals surface area contributed by atoms with Crippen molar-refractivity contribution in [2.24, 2.45) is 0 Å². The molecule has 0 saturated carbocycles. The predicted molar refractivity (Wildman–Crippen MR) is 116 cm³/mol. The van der Waals surface area contributed by atoms with E-state index in [2.05, 4.69) is 26.1 Å². The van der Waals surface area contributed by atoms with Gasteiger partial charge in [-0.3, -0.25) is 4.79 Å². The second-order valence-electron chi connectivity index (χ2n) is 8.35. The number of amides is 1. The van der Waals surface area contributed by atoms with Gasteiger partial charge in [0.25, 0.3) is 11.6 Å². The number of pyridine rings is 1. The monoisotopic (exact) mass is 403 g/mol. The molecule has 3 aromatic heterocycles. The number of anilines is 1. The number of fused-ring (bicyclic) bond motifs is 4. The number of rotatable bonds is 3. The third-order valence-electron chi connectivity index (χ3n) is 5.84. The van der Waals surface area contributed by atoms with Gasteiger partial charge in [-0.15, -0.1) is 0 Å². The molecule has 1 aliphatic heterocycles. The first-order valence-electron chi connectivity index (χ1n) is 10.6. The zero-order valence-corrected chi connectivity index (χ0v) is 17.5. The fourth-order valence-corrected chi connectivity index (χ4v) is 4.21. The Labute approximate surface area is 174 Å². The molecular formula is C23H25N5O2. The lowest BCUT2D eigenvalue weighted by Crippen LogP contribution is -2.13. The number of carbonyl (C=O) groups is 1. The third kappa shape index (κ3) is 3.14. The molecule has 1 aromatic carbocycles. The summed E-state index contributed by atoms with van der Waals surface area (Å²) in [5.74, 6) is 1.11. The Kier molecular flexibility index (Phi) is 4.53. The number of nitrogens with one attached hydrogen (secondary N) is 1. The van der Waals surface area contributed by atoms with Gasteiger partial charge < -0.3 is 14.4 Å². The van der Waals surface area contributed by atoms with E-state index in [9.17, 15) is 4.79 Å². The van der Waals surface area contributed by atoms with E-state index in [1.54, 1.807) is 0 Å². The molecule has 1 N–H and O–H groups in total. The van der Waals surface area contributed by atoms with Gasteiger partial charge in [-0.05, 0) is 49.9 Å². The van der Waals surface area contributed by atoms with Gasteiger partial charge in [0.05, 0.1) is 27.7 Å². The predicted octanol–water partition coefficient (Wildman–Crippen LogP) is 4.98. The number of benzene rings is 1. The molecule has 0 aliphatic carbocycles. The molecule has 0 saturated heterocycles. The summed E-state index contributed by atoms with van der Waals surface area (Å²) >= 11 is 0. The van der Waals surface area contributed by atoms with Crippen LogP contribution in [0, 0.1) is 6.92 Å². The standard InChI is InChI=1S/C23H25N5O2/c1-13(2)17-12-16(21-14(3)27-30-23(21)26-17)22(29)24-15-8-9-19-18(11-15)25-20-7-5-4-6-10-28(19)20/h8-9,11-13H,4-7,10H2,1-3H3,(H,24,29). The fraction of sp³-hybridized carbons (Fsp3) is 0.391. The number of carbonyl (C=O) groups excluding carboxylic acids is 1. The molecule has 4 heterocycles. The van der Waals surface area contributed by atoms with Crippen LogP contribution in [-0.2, 0) is 13.0 Å². The van der Waals surface area contributed by atoms with E-state index in [1.165, 1.54) is 19.3 Å². The fourth-order valence-electron chi connectivity index (χ4n) is 4.21. The van der Waals surface area contributed by atoms with Crippen molar-refractivity contribution >= 4 is 33.7 Å². The van der Waals surface area contributed by atoms with Crippen LogP contribution >= 0.6 is 0 Å². The lowest BCUT2D eigenvalue weighted by atomic mass is 10.0. The van der Waals surface area contributed by atoms with Gasteiger partial charge in [-0.25, -0.2) is 9.97 Å². The molecule has 0 atom stereocenters. The summed E-state index contributed by atoms with van der Waals surface area (Å²) in [6, 6.07) is 7.79. The molecule has 4 aromatic rings. The van der Waals surface area contributed by atoms with E-state index in [0.717, 1.165) is 41.2 Å². The molecule has 7 nitrogen and oxygen atoms in total. The zero-order valence-electron chi connectivity index (χ0n) is 17.5. The number of hydrogen-bond donors (Lipinski definition) is 1. The Morgan fingerprint density at radius 2 is 2.03 bits per heavy atom. The van der Waals surface area contributed by atoms with Gasteiger partial charge in [-0.2, -0.15) is 0 Å². The largest absolute Gasteiger partial charge is 0.336 e. The van der Waals surface area contributed by atoms with Crippen LogP contribution in [0.2, 0.25) is 0 Å². The van der Waals surface area contributed by atoms with E-state index < -0.39 is 0 Å². The van der Waals surface area contributed by atoms with Crippen molar-refractivity contribution in [2.75, 3.05) is 5.32 Å². The van der Waals surface area contributed by atoms with Crippen molar-refractivity contribution in [2.45, 2.75) is 58.9 Å². The average Bonchev–Trinajstić information content (AvgIpc) is 3.18. The van der Waals surface area contributed by atoms with Gasteiger partial charge in [0.2, 0.25) is 0 Å². The lowest BCUT2D eigenvalue weighted by molar-refractivity contribution is 0.102. The summed E-state index contributed by atoms with van der Waals surface area (Å²) in [5.41, 5.74) is 5.18. The first kappa shape index (κ1) is 18.8. The summed E-state index contributed by atoms with van der Waals surface area (Å²) in [6.07, 6.45) is 4.63. The molecular weight excluding hydrogens is 378 g/mol. The summed E-state index contributed by atoms with van der Waals surface area (Å²) in [4.78, 5) is 22.5. The van der Waals surface area contributed by atoms with Crippen LogP contribution in [0.5, 0.6) is 0 Å². The number of aromatic nitrogens is 4. The highest BCUT2D eigenvalue weighted by atomic mass is 16.5. The van der Waals surface area contributed by atoms with Crippen LogP contribution in [0.1, 0.15) is 66.6 Å². The minimum absolute atomic E-state index is 0.170. The van der Waals surface area contributed by atoms with Crippen molar-refractivity contribution in [3.63, 3.8) is 0 Å². The van der Waals surface area contributed by atoms with Crippen molar-refractivity contribution in [1.82, 2.24) is 19.7 Å². The number of hydrogen-bond acceptors (Lipinski definition) is 5. The van der Waals surface area contributed by atoms with Crippen molar-refractivity contribution in [1.29, 1.82) is 0 Å². The first-order valence-corrected chi connectivity index (χ1v) is 10.6. The molecule has 7 heteroatoms. The highest BCUT2D eigenvalue weighted by molar-refractivity contribution is 6.12. The van der Waals surface area contributed by atoms with Crippen LogP contribution in [0.3, 0.4) is 0 Å². The molecule has 30 heavy (non-hydrogen) atoms. The highest BCUT2D eigenvalue weighted by Gasteiger charge is 2.20. The van der Waals surface area contributed by atoms with Gasteiger partial charge in [-0.1, -0.05) is 25.4 Å². The minimum atomic E-state index is -0.198. The molecule has 0 fully saturated rings. The van der Waals surface area contributed by atoms with Crippen LogP contribution in [0.4, 0.5) is 5.69 Å². The maximum atomic E-state index is 13.2. The Balaban J connectivity index is 1.51. The van der Waals surface area contributed by atoms with Crippen molar-refractivity contribution in [3.8, 4) is 0 Å². The Morgan fingerprint density at radius 1 is 1.17 bits per heavy atom. The third-order valence-corrected chi connectivity index (χ3v) is 5.84. The molecule has 0 spiro atoms. The Bertz CT molecular complexity index is 1270. The zero-order chi connectivity index (χ0) is 20.8. The quantitative estimate of drug-likeness (QED) is 0.521. The minimum Gasteiger partial charge on any atom is -0.336 e. The van der Waals surface area contributed by atoms with Crippen LogP contribution < -0.4 is 5.32 Å². The van der Waals surface area contributed by atoms with E-state index in [0.29, 0.717) is 22.4 Å². The molecule has 0 radical (unpaired) electrons. The molecule has 0 bridgehead atoms. The van der Waals surface area contributed by atoms with E-state index in [-0.39, 0.29) is 11.8 Å². The Morgan fingerprint density at radius 3 is 2.87 bits per heavy atom. The smallest absolute Gasteiger partial charge is 0.259 e. The average molecular weight is 403 g/mol. The lowest BCUT2D eigenvalue weighted by Gasteiger charge is -2.10. The number of aryl methyl sites for hydroxylation is 3. The topological polar surface area (TPSA) is 85.8 Å². The maximum Gasteiger partial charge on any atom is 0.259 e. The molecule has 154 valence electrons. The van der Waals surface area contributed by atoms with Gasteiger partial charge in [0, 0.05) is 24.3 Å². The summed E-state index contributed by atoms with van der Waals surface area (Å²) < 4.78 is 7.66. The van der Waals surface area contributed by atoms with E-state index in [1.807, 2.05) is 39.0 Å². The normalized spacial score (nSPS) is 14.3. The summed E-state index contributed by atoms with van der Waals surface area (Å²) in [6.45, 7) is 6.91. The SMILES string of the molecule is Cc1noc2nc(C(C)C)cc(C(=O)Nc3ccc4c(c3)nc3n4CCCCC3)c12. The molecule has 0 unspecified atom stereocenters. The van der Waals surface area contributed by atoms with Crippen LogP contribution in [-0.4, -0.2) is 25.6 Å². The van der Waals surface area contributed by atoms with Crippen molar-refractivity contribution < 1.29 is 9.32 Å². The Hall–Kier alpha value is -3.22. The summed E-state index contributed by atoms with van der Waals surface area (Å²) in [7, 11) is 0. The highest BCUT2D eigenvalue weighted by Crippen LogP contribution is 2.28. The second-order valence-corrected chi connectivity index (χ2v) is 8.35. The second kappa shape index (κ2) is 7.23. The summed E-state index contributed by atoms with van der Waals surface area (Å²) in [5, 5.41) is 7.69. The first-order chi connectivity index (χ1) is 14.5. The van der Waals surface area contributed by atoms with Gasteiger partial charge >= 0.3 is 0 Å².